The first-order valence-corrected chi connectivity index (χ1v) is 6.45. The van der Waals surface area contributed by atoms with E-state index in [4.69, 9.17) is 0 Å². The molecule has 3 rings (SSSR count). The number of rotatable bonds is 3. The third kappa shape index (κ3) is 2.32. The van der Waals surface area contributed by atoms with E-state index in [9.17, 15) is 14.3 Å². The van der Waals surface area contributed by atoms with Crippen molar-refractivity contribution in [1.29, 1.82) is 0 Å². The Morgan fingerprint density at radius 1 is 1.23 bits per heavy atom. The van der Waals surface area contributed by atoms with Gasteiger partial charge in [-0.3, -0.25) is 4.40 Å². The van der Waals surface area contributed by atoms with E-state index in [1.807, 2.05) is 13.0 Å². The van der Waals surface area contributed by atoms with E-state index in [0.29, 0.717) is 5.65 Å². The molecule has 0 bridgehead atoms. The number of aromatic nitrogens is 2. The summed E-state index contributed by atoms with van der Waals surface area (Å²) in [6, 6.07) is 9.42. The summed E-state index contributed by atoms with van der Waals surface area (Å²) in [4.78, 5) is 15.4. The van der Waals surface area contributed by atoms with Crippen LogP contribution in [0.2, 0.25) is 0 Å². The third-order valence-electron chi connectivity index (χ3n) is 3.13. The maximum absolute atomic E-state index is 13.6. The van der Waals surface area contributed by atoms with Crippen LogP contribution in [0.15, 0.2) is 52.8 Å². The minimum atomic E-state index is -1.22. The molecule has 22 heavy (non-hydrogen) atoms. The highest BCUT2D eigenvalue weighted by Crippen LogP contribution is 2.26. The predicted molar refractivity (Wildman–Crippen MR) is 77.5 cm³/mol. The summed E-state index contributed by atoms with van der Waals surface area (Å²) >= 11 is 0. The van der Waals surface area contributed by atoms with Crippen molar-refractivity contribution in [2.24, 2.45) is 10.2 Å². The Labute approximate surface area is 124 Å². The molecule has 0 aliphatic carbocycles. The van der Waals surface area contributed by atoms with Crippen molar-refractivity contribution in [3.05, 3.63) is 59.7 Å². The van der Waals surface area contributed by atoms with Crippen LogP contribution < -0.4 is 0 Å². The molecular formula is C15H11FN4O2. The zero-order valence-corrected chi connectivity index (χ0v) is 11.6. The van der Waals surface area contributed by atoms with E-state index >= 15 is 0 Å². The number of hydrogen-bond donors (Lipinski definition) is 1. The van der Waals surface area contributed by atoms with E-state index in [0.717, 1.165) is 5.56 Å². The van der Waals surface area contributed by atoms with Crippen molar-refractivity contribution in [2.45, 2.75) is 6.92 Å². The lowest BCUT2D eigenvalue weighted by atomic mass is 10.3. The Balaban J connectivity index is 2.17. The molecule has 0 saturated heterocycles. The fourth-order valence-corrected chi connectivity index (χ4v) is 2.06. The number of carboxylic acid groups (broad SMARTS) is 1. The lowest BCUT2D eigenvalue weighted by Crippen LogP contribution is -1.96. The van der Waals surface area contributed by atoms with Crippen LogP contribution in [0.1, 0.15) is 16.1 Å². The number of benzene rings is 1. The number of halogens is 1. The van der Waals surface area contributed by atoms with Gasteiger partial charge in [-0.15, -0.1) is 10.2 Å². The molecule has 1 aromatic carbocycles. The van der Waals surface area contributed by atoms with Gasteiger partial charge in [0.05, 0.1) is 0 Å². The molecular weight excluding hydrogens is 287 g/mol. The molecule has 6 nitrogen and oxygen atoms in total. The summed E-state index contributed by atoms with van der Waals surface area (Å²) in [5, 5.41) is 16.9. The van der Waals surface area contributed by atoms with Gasteiger partial charge >= 0.3 is 5.97 Å². The van der Waals surface area contributed by atoms with Gasteiger partial charge < -0.3 is 5.11 Å². The predicted octanol–water partition coefficient (Wildman–Crippen LogP) is 3.90. The number of hydrogen-bond acceptors (Lipinski definition) is 4. The number of imidazole rings is 1. The van der Waals surface area contributed by atoms with Crippen LogP contribution in [-0.4, -0.2) is 20.5 Å². The van der Waals surface area contributed by atoms with Crippen LogP contribution in [0.5, 0.6) is 0 Å². The zero-order valence-electron chi connectivity index (χ0n) is 11.6. The summed E-state index contributed by atoms with van der Waals surface area (Å²) < 4.78 is 15.1. The summed E-state index contributed by atoms with van der Waals surface area (Å²) in [5.41, 5.74) is 1.08. The molecule has 0 aliphatic heterocycles. The molecule has 0 saturated carbocycles. The minimum Gasteiger partial charge on any atom is -0.476 e. The molecule has 1 N–H and O–H groups in total. The second-order valence-corrected chi connectivity index (χ2v) is 4.63. The van der Waals surface area contributed by atoms with E-state index in [-0.39, 0.29) is 17.2 Å². The van der Waals surface area contributed by atoms with Crippen LogP contribution >= 0.6 is 0 Å². The highest BCUT2D eigenvalue weighted by atomic mass is 19.1. The number of carbonyl (C=O) groups is 1. The SMILES string of the molecule is Cc1cccn2c(N=Nc3ccccc3F)c(C(=O)O)nc12. The number of pyridine rings is 1. The van der Waals surface area contributed by atoms with Gasteiger partial charge in [-0.25, -0.2) is 14.2 Å². The van der Waals surface area contributed by atoms with E-state index < -0.39 is 11.8 Å². The first-order chi connectivity index (χ1) is 10.6. The van der Waals surface area contributed by atoms with Gasteiger partial charge in [-0.2, -0.15) is 0 Å². The van der Waals surface area contributed by atoms with Crippen molar-refractivity contribution in [1.82, 2.24) is 9.38 Å². The second kappa shape index (κ2) is 5.36. The van der Waals surface area contributed by atoms with Crippen molar-refractivity contribution < 1.29 is 14.3 Å². The quantitative estimate of drug-likeness (QED) is 0.745. The summed E-state index contributed by atoms with van der Waals surface area (Å²) in [7, 11) is 0. The summed E-state index contributed by atoms with van der Waals surface area (Å²) in [6.07, 6.45) is 1.64. The Kier molecular flexibility index (Phi) is 3.38. The van der Waals surface area contributed by atoms with Gasteiger partial charge in [-0.1, -0.05) is 18.2 Å². The molecule has 0 atom stereocenters. The molecule has 0 radical (unpaired) electrons. The van der Waals surface area contributed by atoms with Gasteiger partial charge in [0, 0.05) is 6.20 Å². The van der Waals surface area contributed by atoms with Crippen LogP contribution in [0, 0.1) is 12.7 Å². The summed E-state index contributed by atoms with van der Waals surface area (Å²) in [5.74, 6) is -1.70. The number of azo groups is 1. The largest absolute Gasteiger partial charge is 0.476 e. The molecule has 0 spiro atoms. The minimum absolute atomic E-state index is 0.0291. The monoisotopic (exact) mass is 298 g/mol. The van der Waals surface area contributed by atoms with Gasteiger partial charge in [0.1, 0.15) is 11.3 Å². The third-order valence-corrected chi connectivity index (χ3v) is 3.13. The van der Waals surface area contributed by atoms with Gasteiger partial charge in [0.2, 0.25) is 0 Å². The number of aryl methyl sites for hydroxylation is 1. The number of carboxylic acids is 1. The molecule has 7 heteroatoms. The number of fused-ring (bicyclic) bond motifs is 1. The van der Waals surface area contributed by atoms with E-state index in [1.165, 1.54) is 22.6 Å². The van der Waals surface area contributed by atoms with Gasteiger partial charge in [0.25, 0.3) is 0 Å². The van der Waals surface area contributed by atoms with Crippen LogP contribution in [0.25, 0.3) is 5.65 Å². The second-order valence-electron chi connectivity index (χ2n) is 4.63. The van der Waals surface area contributed by atoms with E-state index in [2.05, 4.69) is 15.2 Å². The Hall–Kier alpha value is -3.09. The lowest BCUT2D eigenvalue weighted by molar-refractivity contribution is 0.0692. The van der Waals surface area contributed by atoms with Crippen LogP contribution in [-0.2, 0) is 0 Å². The van der Waals surface area contributed by atoms with Crippen molar-refractivity contribution in [3.63, 3.8) is 0 Å². The average molecular weight is 298 g/mol. The first-order valence-electron chi connectivity index (χ1n) is 6.45. The van der Waals surface area contributed by atoms with Crippen molar-refractivity contribution in [2.75, 3.05) is 0 Å². The Morgan fingerprint density at radius 3 is 2.73 bits per heavy atom. The fraction of sp³-hybridized carbons (Fsp3) is 0.0667. The molecule has 2 heterocycles. The maximum Gasteiger partial charge on any atom is 0.358 e. The Bertz CT molecular complexity index is 902. The number of nitrogens with zero attached hydrogens (tertiary/aromatic N) is 4. The van der Waals surface area contributed by atoms with Crippen molar-refractivity contribution >= 4 is 23.1 Å². The molecule has 2 aromatic heterocycles. The number of aromatic carboxylic acids is 1. The highest BCUT2D eigenvalue weighted by Gasteiger charge is 2.19. The standard InChI is InChI=1S/C15H11FN4O2/c1-9-5-4-8-20-13(9)17-12(15(21)22)14(20)19-18-11-7-3-2-6-10(11)16/h2-8H,1H3,(H,21,22). The van der Waals surface area contributed by atoms with E-state index in [1.54, 1.807) is 18.3 Å². The first kappa shape index (κ1) is 13.9. The zero-order chi connectivity index (χ0) is 15.7. The molecule has 0 fully saturated rings. The average Bonchev–Trinajstić information content (AvgIpc) is 2.87. The Morgan fingerprint density at radius 2 is 2.00 bits per heavy atom. The van der Waals surface area contributed by atoms with Crippen molar-refractivity contribution in [3.8, 4) is 0 Å². The molecule has 0 unspecified atom stereocenters. The highest BCUT2D eigenvalue weighted by molar-refractivity contribution is 5.92. The maximum atomic E-state index is 13.6. The van der Waals surface area contributed by atoms with Gasteiger partial charge in [0.15, 0.2) is 17.3 Å². The lowest BCUT2D eigenvalue weighted by Gasteiger charge is -1.98. The molecule has 0 aliphatic rings. The van der Waals surface area contributed by atoms with Crippen LogP contribution in [0.3, 0.4) is 0 Å². The van der Waals surface area contributed by atoms with Crippen LogP contribution in [0.4, 0.5) is 15.9 Å². The molecule has 3 aromatic rings. The van der Waals surface area contributed by atoms with Gasteiger partial charge in [-0.05, 0) is 30.7 Å². The summed E-state index contributed by atoms with van der Waals surface area (Å²) in [6.45, 7) is 1.81. The topological polar surface area (TPSA) is 79.3 Å². The fourth-order valence-electron chi connectivity index (χ4n) is 2.06. The smallest absolute Gasteiger partial charge is 0.358 e. The molecule has 110 valence electrons. The molecule has 0 amide bonds. The normalized spacial score (nSPS) is 11.4.